The fraction of sp³-hybridized carbons (Fsp3) is 0.478. The Bertz CT molecular complexity index is 720. The highest BCUT2D eigenvalue weighted by Gasteiger charge is 2.29. The second-order valence-corrected chi connectivity index (χ2v) is 7.32. The largest absolute Gasteiger partial charge is 0.192 e. The maximum Gasteiger partial charge on any atom is 0.0995 e. The molecular weight excluding hydrogens is 304 g/mol. The normalized spacial score (nSPS) is 19.6. The van der Waals surface area contributed by atoms with E-state index in [1.807, 2.05) is 12.1 Å². The van der Waals surface area contributed by atoms with Crippen molar-refractivity contribution in [1.82, 2.24) is 0 Å². The number of allylic oxidation sites excluding steroid dienone is 3. The second kappa shape index (κ2) is 8.68. The van der Waals surface area contributed by atoms with E-state index in [1.165, 1.54) is 18.4 Å². The van der Waals surface area contributed by atoms with E-state index in [2.05, 4.69) is 45.6 Å². The van der Waals surface area contributed by atoms with Crippen LogP contribution < -0.4 is 0 Å². The first-order valence-electron chi connectivity index (χ1n) is 9.31. The molecule has 0 radical (unpaired) electrons. The highest BCUT2D eigenvalue weighted by atomic mass is 14.4. The summed E-state index contributed by atoms with van der Waals surface area (Å²) < 4.78 is 0. The molecule has 2 nitrogen and oxygen atoms in total. The van der Waals surface area contributed by atoms with Crippen LogP contribution in [0.2, 0.25) is 0 Å². The third-order valence-electron chi connectivity index (χ3n) is 5.26. The van der Waals surface area contributed by atoms with Crippen molar-refractivity contribution in [2.45, 2.75) is 65.2 Å². The number of nitriles is 2. The molecule has 130 valence electrons. The van der Waals surface area contributed by atoms with E-state index >= 15 is 0 Å². The van der Waals surface area contributed by atoms with Crippen molar-refractivity contribution in [3.8, 4) is 12.1 Å². The van der Waals surface area contributed by atoms with Crippen molar-refractivity contribution in [2.24, 2.45) is 5.92 Å². The highest BCUT2D eigenvalue weighted by Crippen LogP contribution is 2.42. The average molecular weight is 332 g/mol. The number of unbranched alkanes of at least 4 members (excludes halogenated alkanes) is 2. The zero-order chi connectivity index (χ0) is 18.4. The summed E-state index contributed by atoms with van der Waals surface area (Å²) in [4.78, 5) is 0. The lowest BCUT2D eigenvalue weighted by molar-refractivity contribution is 0.482. The Labute approximate surface area is 152 Å². The number of rotatable bonds is 6. The minimum atomic E-state index is 0.0836. The average Bonchev–Trinajstić information content (AvgIpc) is 2.60. The van der Waals surface area contributed by atoms with Gasteiger partial charge in [-0.1, -0.05) is 43.6 Å². The summed E-state index contributed by atoms with van der Waals surface area (Å²) in [7, 11) is 0. The van der Waals surface area contributed by atoms with Crippen molar-refractivity contribution in [1.29, 1.82) is 10.5 Å². The van der Waals surface area contributed by atoms with Gasteiger partial charge < -0.3 is 0 Å². The molecule has 0 fully saturated rings. The van der Waals surface area contributed by atoms with Gasteiger partial charge in [-0.15, -0.1) is 0 Å². The predicted octanol–water partition coefficient (Wildman–Crippen LogP) is 6.18. The van der Waals surface area contributed by atoms with Crippen LogP contribution in [0.4, 0.5) is 0 Å². The Kier molecular flexibility index (Phi) is 6.60. The molecule has 2 rings (SSSR count). The summed E-state index contributed by atoms with van der Waals surface area (Å²) in [6, 6.07) is 8.72. The Hall–Kier alpha value is -2.32. The van der Waals surface area contributed by atoms with Crippen LogP contribution in [0.5, 0.6) is 0 Å². The van der Waals surface area contributed by atoms with Crippen molar-refractivity contribution in [2.75, 3.05) is 0 Å². The van der Waals surface area contributed by atoms with E-state index in [4.69, 9.17) is 0 Å². The Balaban J connectivity index is 2.52. The molecule has 1 aromatic rings. The van der Waals surface area contributed by atoms with Gasteiger partial charge in [0.1, 0.15) is 0 Å². The third-order valence-corrected chi connectivity index (χ3v) is 5.26. The molecule has 0 aromatic heterocycles. The van der Waals surface area contributed by atoms with Gasteiger partial charge in [0.15, 0.2) is 0 Å². The number of aryl methyl sites for hydroxylation is 1. The van der Waals surface area contributed by atoms with Crippen molar-refractivity contribution < 1.29 is 0 Å². The van der Waals surface area contributed by atoms with Crippen molar-refractivity contribution in [3.63, 3.8) is 0 Å². The summed E-state index contributed by atoms with van der Waals surface area (Å²) in [5.74, 6) is 0.383. The summed E-state index contributed by atoms with van der Waals surface area (Å²) in [6.07, 6.45) is 8.72. The van der Waals surface area contributed by atoms with E-state index in [1.54, 1.807) is 0 Å². The molecule has 0 spiro atoms. The molecule has 2 heteroatoms. The van der Waals surface area contributed by atoms with Gasteiger partial charge in [0.05, 0.1) is 23.3 Å². The monoisotopic (exact) mass is 332 g/mol. The van der Waals surface area contributed by atoms with E-state index in [0.29, 0.717) is 17.0 Å². The smallest absolute Gasteiger partial charge is 0.0995 e. The Morgan fingerprint density at radius 2 is 1.84 bits per heavy atom. The maximum absolute atomic E-state index is 9.75. The van der Waals surface area contributed by atoms with Gasteiger partial charge in [-0.25, -0.2) is 0 Å². The predicted molar refractivity (Wildman–Crippen MR) is 103 cm³/mol. The lowest BCUT2D eigenvalue weighted by atomic mass is 9.72. The molecule has 1 aromatic carbocycles. The van der Waals surface area contributed by atoms with E-state index < -0.39 is 0 Å². The number of benzene rings is 1. The fourth-order valence-corrected chi connectivity index (χ4v) is 3.89. The van der Waals surface area contributed by atoms with Crippen LogP contribution in [-0.2, 0) is 6.42 Å². The zero-order valence-electron chi connectivity index (χ0n) is 15.7. The van der Waals surface area contributed by atoms with E-state index in [0.717, 1.165) is 42.4 Å². The molecule has 0 unspecified atom stereocenters. The van der Waals surface area contributed by atoms with Gasteiger partial charge in [-0.3, -0.25) is 0 Å². The third kappa shape index (κ3) is 4.40. The van der Waals surface area contributed by atoms with E-state index in [9.17, 15) is 10.5 Å². The van der Waals surface area contributed by atoms with Crippen molar-refractivity contribution in [3.05, 3.63) is 58.2 Å². The van der Waals surface area contributed by atoms with Gasteiger partial charge in [0.25, 0.3) is 0 Å². The molecule has 0 saturated heterocycles. The van der Waals surface area contributed by atoms with Crippen LogP contribution in [-0.4, -0.2) is 0 Å². The Morgan fingerprint density at radius 1 is 1.20 bits per heavy atom. The van der Waals surface area contributed by atoms with Gasteiger partial charge in [0, 0.05) is 5.92 Å². The second-order valence-electron chi connectivity index (χ2n) is 7.32. The zero-order valence-corrected chi connectivity index (χ0v) is 15.7. The highest BCUT2D eigenvalue weighted by molar-refractivity contribution is 5.55. The number of hydrogen-bond acceptors (Lipinski definition) is 2. The minimum absolute atomic E-state index is 0.0836. The fourth-order valence-electron chi connectivity index (χ4n) is 3.89. The van der Waals surface area contributed by atoms with Gasteiger partial charge in [-0.05, 0) is 68.7 Å². The van der Waals surface area contributed by atoms with Crippen LogP contribution in [0, 0.1) is 28.6 Å². The van der Waals surface area contributed by atoms with Gasteiger partial charge >= 0.3 is 0 Å². The molecule has 0 saturated carbocycles. The van der Waals surface area contributed by atoms with Crippen LogP contribution in [0.15, 0.2) is 35.9 Å². The molecule has 2 atom stereocenters. The molecule has 25 heavy (non-hydrogen) atoms. The Morgan fingerprint density at radius 3 is 2.36 bits per heavy atom. The van der Waals surface area contributed by atoms with Crippen LogP contribution >= 0.6 is 0 Å². The minimum Gasteiger partial charge on any atom is -0.192 e. The van der Waals surface area contributed by atoms with Crippen LogP contribution in [0.3, 0.4) is 0 Å². The van der Waals surface area contributed by atoms with Gasteiger partial charge in [0.2, 0.25) is 0 Å². The first-order valence-corrected chi connectivity index (χ1v) is 9.31. The van der Waals surface area contributed by atoms with Gasteiger partial charge in [-0.2, -0.15) is 10.5 Å². The first kappa shape index (κ1) is 19.0. The SMILES string of the molecule is C=C(C)[C@@H]1CCC(C)=C[C@H]1c1c(C#N)cc(CCCCC)cc1C#N. The molecule has 1 aliphatic carbocycles. The molecule has 1 aliphatic rings. The number of nitrogens with zero attached hydrogens (tertiary/aromatic N) is 2. The molecule has 0 heterocycles. The lowest BCUT2D eigenvalue weighted by Crippen LogP contribution is -2.19. The van der Waals surface area contributed by atoms with E-state index in [-0.39, 0.29) is 5.92 Å². The van der Waals surface area contributed by atoms with Crippen molar-refractivity contribution >= 4 is 0 Å². The summed E-state index contributed by atoms with van der Waals surface area (Å²) in [6.45, 7) is 10.5. The summed E-state index contributed by atoms with van der Waals surface area (Å²) >= 11 is 0. The quantitative estimate of drug-likeness (QED) is 0.461. The summed E-state index contributed by atoms with van der Waals surface area (Å²) in [5, 5.41) is 19.5. The maximum atomic E-state index is 9.75. The standard InChI is InChI=1S/C23H28N2/c1-5-6-7-8-18-12-19(14-24)23(20(13-18)15-25)22-11-17(4)9-10-21(22)16(2)3/h11-13,21-22H,2,5-10H2,1,3-4H3/t21-,22+/m0/s1. The molecule has 0 N–H and O–H groups in total. The molecule has 0 bridgehead atoms. The molecule has 0 amide bonds. The topological polar surface area (TPSA) is 47.6 Å². The molecular formula is C23H28N2. The summed E-state index contributed by atoms with van der Waals surface area (Å²) in [5.41, 5.74) is 5.79. The van der Waals surface area contributed by atoms with Crippen LogP contribution in [0.1, 0.15) is 81.0 Å². The number of hydrogen-bond donors (Lipinski definition) is 0. The lowest BCUT2D eigenvalue weighted by Gasteiger charge is -2.31. The first-order chi connectivity index (χ1) is 12.0. The van der Waals surface area contributed by atoms with Crippen LogP contribution in [0.25, 0.3) is 0 Å². The molecule has 0 aliphatic heterocycles.